The summed E-state index contributed by atoms with van der Waals surface area (Å²) in [6.45, 7) is 2.43. The predicted octanol–water partition coefficient (Wildman–Crippen LogP) is 4.61. The molecule has 0 bridgehead atoms. The molecule has 0 saturated carbocycles. The van der Waals surface area contributed by atoms with Gasteiger partial charge in [-0.1, -0.05) is 12.1 Å². The number of nitrogens with one attached hydrogen (secondary N) is 1. The van der Waals surface area contributed by atoms with Crippen molar-refractivity contribution in [1.29, 1.82) is 0 Å². The van der Waals surface area contributed by atoms with Crippen molar-refractivity contribution >= 4 is 28.3 Å². The zero-order valence-corrected chi connectivity index (χ0v) is 18.8. The van der Waals surface area contributed by atoms with Crippen LogP contribution in [0.2, 0.25) is 0 Å². The molecule has 184 valence electrons. The fourth-order valence-corrected chi connectivity index (χ4v) is 4.35. The van der Waals surface area contributed by atoms with Gasteiger partial charge in [-0.3, -0.25) is 4.79 Å². The molecule has 35 heavy (non-hydrogen) atoms. The number of fused-ring (bicyclic) bond motifs is 1. The molecule has 0 aliphatic carbocycles. The summed E-state index contributed by atoms with van der Waals surface area (Å²) in [7, 11) is 0. The summed E-state index contributed by atoms with van der Waals surface area (Å²) >= 11 is 0. The maximum atomic E-state index is 12.7. The van der Waals surface area contributed by atoms with Gasteiger partial charge in [0.25, 0.3) is 5.91 Å². The number of nitrogens with zero attached hydrogens (tertiary/aromatic N) is 2. The topological polar surface area (TPSA) is 72.9 Å². The van der Waals surface area contributed by atoms with E-state index in [4.69, 9.17) is 19.2 Å². The zero-order valence-electron chi connectivity index (χ0n) is 18.8. The number of halogens is 3. The number of amides is 1. The van der Waals surface area contributed by atoms with Gasteiger partial charge < -0.3 is 24.4 Å². The van der Waals surface area contributed by atoms with Gasteiger partial charge >= 0.3 is 6.18 Å². The minimum absolute atomic E-state index is 0.253. The molecule has 3 heterocycles. The molecule has 2 saturated heterocycles. The molecule has 10 heteroatoms. The Morgan fingerprint density at radius 3 is 2.43 bits per heavy atom. The van der Waals surface area contributed by atoms with Crippen molar-refractivity contribution in [1.82, 2.24) is 4.98 Å². The molecule has 0 unspecified atom stereocenters. The van der Waals surface area contributed by atoms with Crippen LogP contribution in [0, 0.1) is 0 Å². The highest BCUT2D eigenvalue weighted by atomic mass is 19.4. The number of rotatable bonds is 5. The van der Waals surface area contributed by atoms with Crippen LogP contribution in [0.1, 0.15) is 18.4 Å². The number of ether oxygens (including phenoxy) is 3. The molecule has 5 rings (SSSR count). The predicted molar refractivity (Wildman–Crippen MR) is 123 cm³/mol. The summed E-state index contributed by atoms with van der Waals surface area (Å²) in [4.78, 5) is 19.3. The first-order valence-electron chi connectivity index (χ1n) is 11.3. The van der Waals surface area contributed by atoms with Crippen molar-refractivity contribution in [2.24, 2.45) is 0 Å². The molecule has 2 aliphatic rings. The minimum atomic E-state index is -4.43. The van der Waals surface area contributed by atoms with Gasteiger partial charge in [0.2, 0.25) is 0 Å². The molecule has 3 aromatic rings. The third kappa shape index (κ3) is 5.18. The van der Waals surface area contributed by atoms with Crippen LogP contribution in [0.15, 0.2) is 54.6 Å². The maximum absolute atomic E-state index is 12.7. The van der Waals surface area contributed by atoms with Crippen LogP contribution in [0.4, 0.5) is 24.7 Å². The number of para-hydroxylation sites is 1. The molecule has 0 atom stereocenters. The van der Waals surface area contributed by atoms with Crippen LogP contribution in [0.5, 0.6) is 5.75 Å². The summed E-state index contributed by atoms with van der Waals surface area (Å²) in [5.74, 6) is 0.288. The van der Waals surface area contributed by atoms with E-state index in [0.717, 1.165) is 49.3 Å². The summed E-state index contributed by atoms with van der Waals surface area (Å²) in [6.07, 6.45) is -2.91. The Morgan fingerprint density at radius 2 is 1.74 bits per heavy atom. The first-order chi connectivity index (χ1) is 16.8. The van der Waals surface area contributed by atoms with E-state index >= 15 is 0 Å². The van der Waals surface area contributed by atoms with Gasteiger partial charge in [0.05, 0.1) is 18.8 Å². The van der Waals surface area contributed by atoms with E-state index < -0.39 is 23.4 Å². The van der Waals surface area contributed by atoms with Crippen LogP contribution in [-0.2, 0) is 20.4 Å². The van der Waals surface area contributed by atoms with Gasteiger partial charge in [0.1, 0.15) is 17.1 Å². The van der Waals surface area contributed by atoms with Crippen molar-refractivity contribution < 1.29 is 32.2 Å². The second-order valence-corrected chi connectivity index (χ2v) is 8.50. The van der Waals surface area contributed by atoms with E-state index in [9.17, 15) is 18.0 Å². The van der Waals surface area contributed by atoms with Gasteiger partial charge in [-0.2, -0.15) is 13.2 Å². The highest BCUT2D eigenvalue weighted by Crippen LogP contribution is 2.34. The van der Waals surface area contributed by atoms with Crippen LogP contribution < -0.4 is 15.0 Å². The molecule has 1 N–H and O–H groups in total. The van der Waals surface area contributed by atoms with Crippen LogP contribution in [-0.4, -0.2) is 49.6 Å². The Morgan fingerprint density at radius 1 is 1.03 bits per heavy atom. The fraction of sp³-hybridized carbons (Fsp3) is 0.360. The first kappa shape index (κ1) is 23.4. The van der Waals surface area contributed by atoms with Gasteiger partial charge in [0.15, 0.2) is 12.4 Å². The number of benzene rings is 2. The Kier molecular flexibility index (Phi) is 6.24. The number of hydrogen-bond donors (Lipinski definition) is 1. The number of piperidine rings is 1. The number of aromatic nitrogens is 1. The molecule has 2 aromatic carbocycles. The number of carbonyl (C=O) groups excluding carboxylic acids is 1. The smallest absolute Gasteiger partial charge is 0.416 e. The van der Waals surface area contributed by atoms with Crippen LogP contribution in [0.3, 0.4) is 0 Å². The number of carbonyl (C=O) groups is 1. The molecule has 1 spiro atoms. The number of hydrogen-bond acceptors (Lipinski definition) is 6. The van der Waals surface area contributed by atoms with E-state index in [-0.39, 0.29) is 12.3 Å². The average Bonchev–Trinajstić information content (AvgIpc) is 3.30. The van der Waals surface area contributed by atoms with Gasteiger partial charge in [-0.05, 0) is 42.5 Å². The van der Waals surface area contributed by atoms with Crippen molar-refractivity contribution in [2.45, 2.75) is 24.8 Å². The van der Waals surface area contributed by atoms with Crippen LogP contribution >= 0.6 is 0 Å². The molecule has 2 fully saturated rings. The monoisotopic (exact) mass is 487 g/mol. The van der Waals surface area contributed by atoms with E-state index in [1.54, 1.807) is 6.07 Å². The lowest BCUT2D eigenvalue weighted by atomic mass is 10.0. The second-order valence-electron chi connectivity index (χ2n) is 8.50. The van der Waals surface area contributed by atoms with Crippen LogP contribution in [0.25, 0.3) is 10.9 Å². The molecular weight excluding hydrogens is 463 g/mol. The van der Waals surface area contributed by atoms with E-state index in [1.807, 2.05) is 24.3 Å². The van der Waals surface area contributed by atoms with Crippen molar-refractivity contribution in [3.8, 4) is 5.75 Å². The lowest BCUT2D eigenvalue weighted by Gasteiger charge is -2.38. The van der Waals surface area contributed by atoms with Crippen molar-refractivity contribution in [2.75, 3.05) is 43.1 Å². The van der Waals surface area contributed by atoms with Gasteiger partial charge in [-0.15, -0.1) is 0 Å². The summed E-state index contributed by atoms with van der Waals surface area (Å²) in [5.41, 5.74) is 0.0977. The molecule has 1 aromatic heterocycles. The highest BCUT2D eigenvalue weighted by molar-refractivity contribution is 5.92. The molecule has 7 nitrogen and oxygen atoms in total. The fourth-order valence-electron chi connectivity index (χ4n) is 4.35. The summed E-state index contributed by atoms with van der Waals surface area (Å²) < 4.78 is 55.4. The maximum Gasteiger partial charge on any atom is 0.416 e. The normalized spacial score (nSPS) is 17.6. The zero-order chi connectivity index (χ0) is 24.5. The van der Waals surface area contributed by atoms with Crippen molar-refractivity contribution in [3.63, 3.8) is 0 Å². The Bertz CT molecular complexity index is 1200. The molecule has 0 radical (unpaired) electrons. The number of anilines is 2. The lowest BCUT2D eigenvalue weighted by molar-refractivity contribution is -0.169. The molecular formula is C25H24F3N3O4. The Hall–Kier alpha value is -3.37. The Balaban J connectivity index is 1.24. The molecule has 1 amide bonds. The minimum Gasteiger partial charge on any atom is -0.481 e. The van der Waals surface area contributed by atoms with Gasteiger partial charge in [0, 0.05) is 37.0 Å². The molecule has 2 aliphatic heterocycles. The van der Waals surface area contributed by atoms with Crippen molar-refractivity contribution in [3.05, 3.63) is 60.2 Å². The average molecular weight is 487 g/mol. The Labute approximate surface area is 199 Å². The summed E-state index contributed by atoms with van der Waals surface area (Å²) in [6, 6.07) is 13.6. The van der Waals surface area contributed by atoms with E-state index in [2.05, 4.69) is 10.2 Å². The highest BCUT2D eigenvalue weighted by Gasteiger charge is 2.40. The standard InChI is InChI=1S/C25H24F3N3O4/c26-25(27,28)18-5-7-19(8-6-18)29-22(32)16-33-20-3-1-2-17-4-9-21(30-23(17)20)31-12-10-24(11-13-31)34-14-15-35-24/h1-9H,10-16H2,(H,29,32). The third-order valence-corrected chi connectivity index (χ3v) is 6.19. The third-order valence-electron chi connectivity index (χ3n) is 6.19. The number of alkyl halides is 3. The lowest BCUT2D eigenvalue weighted by Crippen LogP contribution is -2.45. The first-order valence-corrected chi connectivity index (χ1v) is 11.3. The number of pyridine rings is 1. The van der Waals surface area contributed by atoms with Gasteiger partial charge in [-0.25, -0.2) is 4.98 Å². The largest absolute Gasteiger partial charge is 0.481 e. The second kappa shape index (κ2) is 9.35. The quantitative estimate of drug-likeness (QED) is 0.567. The SMILES string of the molecule is O=C(COc1cccc2ccc(N3CCC4(CC3)OCCO4)nc12)Nc1ccc(C(F)(F)F)cc1. The summed E-state index contributed by atoms with van der Waals surface area (Å²) in [5, 5.41) is 3.41. The van der Waals surface area contributed by atoms with E-state index in [1.165, 1.54) is 12.1 Å². The van der Waals surface area contributed by atoms with E-state index in [0.29, 0.717) is 24.5 Å².